The van der Waals surface area contributed by atoms with E-state index in [1.807, 2.05) is 36.4 Å². The standard InChI is InChI=1S/C18H15ClN4O2/c19-14-6-2-1-5-12(14)10-23-11-13(9-16(23)24)17-21-18(25-22-17)15-7-3-4-8-20-15/h1-8,13H,9-11H2. The number of carbonyl (C=O) groups excluding carboxylic acids is 1. The van der Waals surface area contributed by atoms with E-state index in [0.717, 1.165) is 5.56 Å². The molecule has 7 heteroatoms. The fourth-order valence-electron chi connectivity index (χ4n) is 2.92. The Morgan fingerprint density at radius 2 is 2.04 bits per heavy atom. The molecule has 0 radical (unpaired) electrons. The predicted molar refractivity (Wildman–Crippen MR) is 91.8 cm³/mol. The monoisotopic (exact) mass is 354 g/mol. The quantitative estimate of drug-likeness (QED) is 0.718. The molecule has 1 atom stereocenters. The van der Waals surface area contributed by atoms with Gasteiger partial charge >= 0.3 is 0 Å². The first-order valence-electron chi connectivity index (χ1n) is 7.97. The molecule has 4 rings (SSSR count). The first kappa shape index (κ1) is 15.8. The molecule has 0 saturated carbocycles. The molecule has 3 aromatic rings. The minimum Gasteiger partial charge on any atom is -0.338 e. The maximum absolute atomic E-state index is 12.3. The van der Waals surface area contributed by atoms with Crippen LogP contribution in [0.3, 0.4) is 0 Å². The van der Waals surface area contributed by atoms with Crippen molar-refractivity contribution in [3.8, 4) is 11.6 Å². The number of amides is 1. The summed E-state index contributed by atoms with van der Waals surface area (Å²) in [5, 5.41) is 4.70. The molecule has 6 nitrogen and oxygen atoms in total. The number of halogens is 1. The Hall–Kier alpha value is -2.73. The van der Waals surface area contributed by atoms with E-state index in [-0.39, 0.29) is 11.8 Å². The van der Waals surface area contributed by atoms with E-state index in [4.69, 9.17) is 16.1 Å². The highest BCUT2D eigenvalue weighted by atomic mass is 35.5. The molecule has 1 aromatic carbocycles. The van der Waals surface area contributed by atoms with Gasteiger partial charge in [0.1, 0.15) is 5.69 Å². The molecular weight excluding hydrogens is 340 g/mol. The van der Waals surface area contributed by atoms with E-state index in [0.29, 0.717) is 41.9 Å². The molecule has 0 N–H and O–H groups in total. The number of hydrogen-bond acceptors (Lipinski definition) is 5. The second kappa shape index (κ2) is 6.64. The van der Waals surface area contributed by atoms with Crippen molar-refractivity contribution in [3.05, 3.63) is 65.1 Å². The van der Waals surface area contributed by atoms with E-state index in [1.165, 1.54) is 0 Å². The van der Waals surface area contributed by atoms with Crippen LogP contribution >= 0.6 is 11.6 Å². The number of hydrogen-bond donors (Lipinski definition) is 0. The minimum absolute atomic E-state index is 0.0640. The Bertz CT molecular complexity index is 897. The lowest BCUT2D eigenvalue weighted by molar-refractivity contribution is -0.128. The summed E-state index contributed by atoms with van der Waals surface area (Å²) in [7, 11) is 0. The number of aromatic nitrogens is 3. The van der Waals surface area contributed by atoms with Crippen molar-refractivity contribution in [2.24, 2.45) is 0 Å². The van der Waals surface area contributed by atoms with Crippen LogP contribution in [0.25, 0.3) is 11.6 Å². The Labute approximate surface area is 149 Å². The third-order valence-electron chi connectivity index (χ3n) is 4.22. The lowest BCUT2D eigenvalue weighted by Crippen LogP contribution is -2.24. The van der Waals surface area contributed by atoms with Crippen LogP contribution in [0.15, 0.2) is 53.2 Å². The van der Waals surface area contributed by atoms with Crippen LogP contribution in [-0.4, -0.2) is 32.5 Å². The molecular formula is C18H15ClN4O2. The molecule has 0 spiro atoms. The van der Waals surface area contributed by atoms with Crippen molar-refractivity contribution in [1.82, 2.24) is 20.0 Å². The highest BCUT2D eigenvalue weighted by Gasteiger charge is 2.34. The lowest BCUT2D eigenvalue weighted by Gasteiger charge is -2.16. The Balaban J connectivity index is 1.49. The number of nitrogens with zero attached hydrogens (tertiary/aromatic N) is 4. The minimum atomic E-state index is -0.0869. The zero-order valence-electron chi connectivity index (χ0n) is 13.3. The molecule has 1 unspecified atom stereocenters. The summed E-state index contributed by atoms with van der Waals surface area (Å²) in [4.78, 5) is 22.7. The zero-order valence-corrected chi connectivity index (χ0v) is 14.1. The van der Waals surface area contributed by atoms with Gasteiger partial charge in [0.15, 0.2) is 5.82 Å². The van der Waals surface area contributed by atoms with Crippen LogP contribution in [0.1, 0.15) is 23.7 Å². The van der Waals surface area contributed by atoms with Crippen LogP contribution in [0, 0.1) is 0 Å². The van der Waals surface area contributed by atoms with Crippen LogP contribution in [0.5, 0.6) is 0 Å². The maximum Gasteiger partial charge on any atom is 0.276 e. The molecule has 1 saturated heterocycles. The third-order valence-corrected chi connectivity index (χ3v) is 4.59. The molecule has 1 fully saturated rings. The molecule has 2 aromatic heterocycles. The second-order valence-corrected chi connectivity index (χ2v) is 6.35. The highest BCUT2D eigenvalue weighted by Crippen LogP contribution is 2.29. The van der Waals surface area contributed by atoms with E-state index in [2.05, 4.69) is 15.1 Å². The number of carbonyl (C=O) groups is 1. The van der Waals surface area contributed by atoms with E-state index < -0.39 is 0 Å². The smallest absolute Gasteiger partial charge is 0.276 e. The van der Waals surface area contributed by atoms with Gasteiger partial charge < -0.3 is 9.42 Å². The summed E-state index contributed by atoms with van der Waals surface area (Å²) in [6.07, 6.45) is 2.04. The lowest BCUT2D eigenvalue weighted by atomic mass is 10.1. The van der Waals surface area contributed by atoms with Gasteiger partial charge in [-0.1, -0.05) is 41.0 Å². The summed E-state index contributed by atoms with van der Waals surface area (Å²) < 4.78 is 5.30. The fourth-order valence-corrected chi connectivity index (χ4v) is 3.12. The van der Waals surface area contributed by atoms with Crippen LogP contribution < -0.4 is 0 Å². The molecule has 0 bridgehead atoms. The molecule has 1 aliphatic rings. The summed E-state index contributed by atoms with van der Waals surface area (Å²) in [5.74, 6) is 0.883. The van der Waals surface area contributed by atoms with Crippen molar-refractivity contribution < 1.29 is 9.32 Å². The van der Waals surface area contributed by atoms with Crippen molar-refractivity contribution in [3.63, 3.8) is 0 Å². The normalized spacial score (nSPS) is 17.2. The van der Waals surface area contributed by atoms with Gasteiger partial charge in [0.05, 0.1) is 0 Å². The number of rotatable bonds is 4. The highest BCUT2D eigenvalue weighted by molar-refractivity contribution is 6.31. The second-order valence-electron chi connectivity index (χ2n) is 5.94. The van der Waals surface area contributed by atoms with Gasteiger partial charge in [-0.2, -0.15) is 4.98 Å². The summed E-state index contributed by atoms with van der Waals surface area (Å²) in [6.45, 7) is 1.03. The molecule has 25 heavy (non-hydrogen) atoms. The number of benzene rings is 1. The van der Waals surface area contributed by atoms with Gasteiger partial charge in [-0.05, 0) is 23.8 Å². The van der Waals surface area contributed by atoms with Crippen LogP contribution in [0.2, 0.25) is 5.02 Å². The van der Waals surface area contributed by atoms with Crippen molar-refractivity contribution in [1.29, 1.82) is 0 Å². The van der Waals surface area contributed by atoms with E-state index in [1.54, 1.807) is 17.2 Å². The summed E-state index contributed by atoms with van der Waals surface area (Å²) in [5.41, 5.74) is 1.55. The van der Waals surface area contributed by atoms with Crippen molar-refractivity contribution in [2.75, 3.05) is 6.54 Å². The van der Waals surface area contributed by atoms with Crippen molar-refractivity contribution in [2.45, 2.75) is 18.9 Å². The van der Waals surface area contributed by atoms with Crippen LogP contribution in [0.4, 0.5) is 0 Å². The van der Waals surface area contributed by atoms with Gasteiger partial charge in [0, 0.05) is 36.6 Å². The Morgan fingerprint density at radius 3 is 2.84 bits per heavy atom. The molecule has 1 amide bonds. The third kappa shape index (κ3) is 3.25. The molecule has 0 aliphatic carbocycles. The van der Waals surface area contributed by atoms with Gasteiger partial charge in [-0.15, -0.1) is 0 Å². The molecule has 126 valence electrons. The fraction of sp³-hybridized carbons (Fsp3) is 0.222. The van der Waals surface area contributed by atoms with Gasteiger partial charge in [0.2, 0.25) is 5.91 Å². The summed E-state index contributed by atoms with van der Waals surface area (Å²) in [6, 6.07) is 13.0. The maximum atomic E-state index is 12.3. The predicted octanol–water partition coefficient (Wildman–Crippen LogP) is 3.30. The SMILES string of the molecule is O=C1CC(c2noc(-c3ccccn3)n2)CN1Cc1ccccc1Cl. The van der Waals surface area contributed by atoms with E-state index in [9.17, 15) is 4.79 Å². The zero-order chi connectivity index (χ0) is 17.2. The number of likely N-dealkylation sites (tertiary alicyclic amines) is 1. The Kier molecular flexibility index (Phi) is 4.19. The van der Waals surface area contributed by atoms with Crippen LogP contribution in [-0.2, 0) is 11.3 Å². The molecule has 3 heterocycles. The number of pyridine rings is 1. The van der Waals surface area contributed by atoms with Gasteiger partial charge in [-0.25, -0.2) is 0 Å². The van der Waals surface area contributed by atoms with E-state index >= 15 is 0 Å². The van der Waals surface area contributed by atoms with Gasteiger partial charge in [0.25, 0.3) is 5.89 Å². The summed E-state index contributed by atoms with van der Waals surface area (Å²) >= 11 is 6.19. The Morgan fingerprint density at radius 1 is 1.20 bits per heavy atom. The van der Waals surface area contributed by atoms with Crippen molar-refractivity contribution >= 4 is 17.5 Å². The largest absolute Gasteiger partial charge is 0.338 e. The first-order chi connectivity index (χ1) is 12.2. The first-order valence-corrected chi connectivity index (χ1v) is 8.34. The topological polar surface area (TPSA) is 72.1 Å². The molecule has 1 aliphatic heterocycles. The average Bonchev–Trinajstić information content (AvgIpc) is 3.25. The average molecular weight is 355 g/mol. The van der Waals surface area contributed by atoms with Gasteiger partial charge in [-0.3, -0.25) is 9.78 Å².